The highest BCUT2D eigenvalue weighted by molar-refractivity contribution is 7.12. The van der Waals surface area contributed by atoms with Crippen LogP contribution in [0.15, 0.2) is 40.5 Å². The molecule has 21 heavy (non-hydrogen) atoms. The van der Waals surface area contributed by atoms with Gasteiger partial charge in [-0.05, 0) is 29.9 Å². The van der Waals surface area contributed by atoms with E-state index in [0.717, 1.165) is 36.6 Å². The van der Waals surface area contributed by atoms with Gasteiger partial charge < -0.3 is 9.47 Å². The van der Waals surface area contributed by atoms with Crippen molar-refractivity contribution in [2.24, 2.45) is 5.92 Å². The SMILES string of the molecule is O=C(c1cccs1)N1CC2CC(C1)c1cccc(=O)n1C2. The number of nitrogens with zero attached hydrogens (tertiary/aromatic N) is 2. The lowest BCUT2D eigenvalue weighted by molar-refractivity contribution is 0.0599. The number of thiophene rings is 1. The third kappa shape index (κ3) is 2.12. The van der Waals surface area contributed by atoms with E-state index >= 15 is 0 Å². The van der Waals surface area contributed by atoms with Gasteiger partial charge in [-0.15, -0.1) is 11.3 Å². The van der Waals surface area contributed by atoms with E-state index in [9.17, 15) is 9.59 Å². The van der Waals surface area contributed by atoms with Crippen molar-refractivity contribution < 1.29 is 4.79 Å². The lowest BCUT2D eigenvalue weighted by Crippen LogP contribution is -2.48. The molecule has 2 aromatic rings. The van der Waals surface area contributed by atoms with Gasteiger partial charge in [0.05, 0.1) is 4.88 Å². The molecule has 5 heteroatoms. The third-order valence-electron chi connectivity index (χ3n) is 4.50. The van der Waals surface area contributed by atoms with Crippen molar-refractivity contribution in [3.63, 3.8) is 0 Å². The van der Waals surface area contributed by atoms with Crippen LogP contribution in [-0.2, 0) is 6.54 Å². The van der Waals surface area contributed by atoms with Crippen LogP contribution in [0.5, 0.6) is 0 Å². The molecule has 0 aliphatic carbocycles. The summed E-state index contributed by atoms with van der Waals surface area (Å²) in [6.45, 7) is 2.21. The van der Waals surface area contributed by atoms with Crippen molar-refractivity contribution in [3.8, 4) is 0 Å². The number of fused-ring (bicyclic) bond motifs is 4. The van der Waals surface area contributed by atoms with Gasteiger partial charge in [-0.2, -0.15) is 0 Å². The molecule has 2 aromatic heterocycles. The molecule has 2 aliphatic rings. The average Bonchev–Trinajstić information content (AvgIpc) is 3.02. The molecule has 1 saturated heterocycles. The topological polar surface area (TPSA) is 42.3 Å². The highest BCUT2D eigenvalue weighted by atomic mass is 32.1. The first-order valence-electron chi connectivity index (χ1n) is 7.25. The standard InChI is InChI=1S/C16H16N2O2S/c19-15-5-1-3-13-12-7-11(9-18(13)15)8-17(10-12)16(20)14-4-2-6-21-14/h1-6,11-12H,7-10H2. The van der Waals surface area contributed by atoms with Crippen molar-refractivity contribution in [2.45, 2.75) is 18.9 Å². The Balaban J connectivity index is 1.65. The van der Waals surface area contributed by atoms with Crippen molar-refractivity contribution in [3.05, 3.63) is 56.6 Å². The van der Waals surface area contributed by atoms with Gasteiger partial charge >= 0.3 is 0 Å². The second-order valence-corrected chi connectivity index (χ2v) is 6.83. The molecule has 108 valence electrons. The highest BCUT2D eigenvalue weighted by Crippen LogP contribution is 2.35. The fourth-order valence-electron chi connectivity index (χ4n) is 3.62. The molecule has 1 fully saturated rings. The van der Waals surface area contributed by atoms with Crippen LogP contribution < -0.4 is 5.56 Å². The Morgan fingerprint density at radius 3 is 2.86 bits per heavy atom. The number of carbonyl (C=O) groups is 1. The molecule has 0 N–H and O–H groups in total. The van der Waals surface area contributed by atoms with Crippen LogP contribution in [0.1, 0.15) is 27.7 Å². The minimum Gasteiger partial charge on any atom is -0.337 e. The Kier molecular flexibility index (Phi) is 2.96. The first-order valence-corrected chi connectivity index (χ1v) is 8.13. The molecular formula is C16H16N2O2S. The Labute approximate surface area is 126 Å². The predicted molar refractivity (Wildman–Crippen MR) is 81.8 cm³/mol. The zero-order valence-corrected chi connectivity index (χ0v) is 12.4. The molecule has 4 rings (SSSR count). The smallest absolute Gasteiger partial charge is 0.263 e. The van der Waals surface area contributed by atoms with Crippen LogP contribution in [0.25, 0.3) is 0 Å². The number of hydrogen-bond donors (Lipinski definition) is 0. The van der Waals surface area contributed by atoms with Gasteiger partial charge in [-0.3, -0.25) is 9.59 Å². The molecule has 1 amide bonds. The zero-order chi connectivity index (χ0) is 14.4. The molecule has 2 atom stereocenters. The van der Waals surface area contributed by atoms with Gasteiger partial charge in [0.25, 0.3) is 11.5 Å². The molecule has 2 unspecified atom stereocenters. The summed E-state index contributed by atoms with van der Waals surface area (Å²) in [6, 6.07) is 9.28. The predicted octanol–water partition coefficient (Wildman–Crippen LogP) is 2.17. The number of carbonyl (C=O) groups excluding carboxylic acids is 1. The van der Waals surface area contributed by atoms with Gasteiger partial charge in [0.2, 0.25) is 0 Å². The van der Waals surface area contributed by atoms with E-state index in [1.165, 1.54) is 11.3 Å². The first-order chi connectivity index (χ1) is 10.2. The van der Waals surface area contributed by atoms with Gasteiger partial charge in [0.15, 0.2) is 0 Å². The minimum absolute atomic E-state index is 0.0835. The number of pyridine rings is 1. The Bertz CT molecular complexity index is 735. The Morgan fingerprint density at radius 2 is 2.05 bits per heavy atom. The molecule has 4 nitrogen and oxygen atoms in total. The Morgan fingerprint density at radius 1 is 1.14 bits per heavy atom. The maximum Gasteiger partial charge on any atom is 0.263 e. The normalized spacial score (nSPS) is 23.7. The first kappa shape index (κ1) is 12.8. The molecule has 2 aliphatic heterocycles. The lowest BCUT2D eigenvalue weighted by Gasteiger charge is -2.42. The molecule has 0 radical (unpaired) electrons. The van der Waals surface area contributed by atoms with Crippen molar-refractivity contribution in [1.82, 2.24) is 9.47 Å². The van der Waals surface area contributed by atoms with Crippen LogP contribution in [0.2, 0.25) is 0 Å². The van der Waals surface area contributed by atoms with Crippen LogP contribution in [0.3, 0.4) is 0 Å². The number of hydrogen-bond acceptors (Lipinski definition) is 3. The van der Waals surface area contributed by atoms with Crippen LogP contribution in [-0.4, -0.2) is 28.5 Å². The van der Waals surface area contributed by atoms with E-state index in [2.05, 4.69) is 0 Å². The fraction of sp³-hybridized carbons (Fsp3) is 0.375. The van der Waals surface area contributed by atoms with Crippen LogP contribution in [0.4, 0.5) is 0 Å². The summed E-state index contributed by atoms with van der Waals surface area (Å²) in [7, 11) is 0. The van der Waals surface area contributed by atoms with E-state index in [-0.39, 0.29) is 17.4 Å². The quantitative estimate of drug-likeness (QED) is 0.810. The Hall–Kier alpha value is -1.88. The average molecular weight is 300 g/mol. The molecule has 4 heterocycles. The number of rotatable bonds is 1. The van der Waals surface area contributed by atoms with Gasteiger partial charge in [-0.25, -0.2) is 0 Å². The molecule has 0 spiro atoms. The summed E-state index contributed by atoms with van der Waals surface area (Å²) in [4.78, 5) is 27.3. The van der Waals surface area contributed by atoms with Crippen LogP contribution >= 0.6 is 11.3 Å². The summed E-state index contributed by atoms with van der Waals surface area (Å²) >= 11 is 1.49. The highest BCUT2D eigenvalue weighted by Gasteiger charge is 2.36. The van der Waals surface area contributed by atoms with Gasteiger partial charge in [-0.1, -0.05) is 12.1 Å². The summed E-state index contributed by atoms with van der Waals surface area (Å²) in [5.74, 6) is 0.807. The number of likely N-dealkylation sites (tertiary alicyclic amines) is 1. The molecular weight excluding hydrogens is 284 g/mol. The number of piperidine rings is 1. The van der Waals surface area contributed by atoms with E-state index in [1.54, 1.807) is 6.07 Å². The van der Waals surface area contributed by atoms with Gasteiger partial charge in [0, 0.05) is 37.3 Å². The van der Waals surface area contributed by atoms with Crippen molar-refractivity contribution in [1.29, 1.82) is 0 Å². The zero-order valence-electron chi connectivity index (χ0n) is 11.6. The van der Waals surface area contributed by atoms with E-state index in [4.69, 9.17) is 0 Å². The second-order valence-electron chi connectivity index (χ2n) is 5.89. The maximum atomic E-state index is 12.5. The lowest BCUT2D eigenvalue weighted by atomic mass is 9.83. The largest absolute Gasteiger partial charge is 0.337 e. The van der Waals surface area contributed by atoms with E-state index in [0.29, 0.717) is 5.92 Å². The summed E-state index contributed by atoms with van der Waals surface area (Å²) < 4.78 is 1.89. The maximum absolute atomic E-state index is 12.5. The second kappa shape index (κ2) is 4.84. The molecule has 0 aromatic carbocycles. The number of aromatic nitrogens is 1. The molecule has 2 bridgehead atoms. The van der Waals surface area contributed by atoms with Gasteiger partial charge in [0.1, 0.15) is 0 Å². The summed E-state index contributed by atoms with van der Waals surface area (Å²) in [5.41, 5.74) is 1.17. The monoisotopic (exact) mass is 300 g/mol. The summed E-state index contributed by atoms with van der Waals surface area (Å²) in [6.07, 6.45) is 1.08. The van der Waals surface area contributed by atoms with Crippen LogP contribution in [0, 0.1) is 5.92 Å². The minimum atomic E-state index is 0.0835. The van der Waals surface area contributed by atoms with E-state index < -0.39 is 0 Å². The van der Waals surface area contributed by atoms with Crippen molar-refractivity contribution in [2.75, 3.05) is 13.1 Å². The third-order valence-corrected chi connectivity index (χ3v) is 5.36. The van der Waals surface area contributed by atoms with Crippen molar-refractivity contribution >= 4 is 17.2 Å². The van der Waals surface area contributed by atoms with E-state index in [1.807, 2.05) is 39.1 Å². The molecule has 0 saturated carbocycles. The fourth-order valence-corrected chi connectivity index (χ4v) is 4.31. The summed E-state index contributed by atoms with van der Waals surface area (Å²) in [5, 5.41) is 1.94. The number of amides is 1.